The molecule has 1 aliphatic rings. The van der Waals surface area contributed by atoms with Gasteiger partial charge in [-0.1, -0.05) is 35.9 Å². The molecule has 3 atom stereocenters. The van der Waals surface area contributed by atoms with E-state index in [9.17, 15) is 31.5 Å². The van der Waals surface area contributed by atoms with E-state index in [1.54, 1.807) is 41.7 Å². The molecule has 0 saturated carbocycles. The maximum absolute atomic E-state index is 14.9. The topological polar surface area (TPSA) is 102 Å². The zero-order valence-corrected chi connectivity index (χ0v) is 24.1. The van der Waals surface area contributed by atoms with Crippen LogP contribution >= 0.6 is 11.6 Å². The molecule has 2 amide bonds. The van der Waals surface area contributed by atoms with Crippen LogP contribution in [0.1, 0.15) is 35.4 Å². The highest BCUT2D eigenvalue weighted by Gasteiger charge is 2.29. The summed E-state index contributed by atoms with van der Waals surface area (Å²) in [5, 5.41) is 8.01. The van der Waals surface area contributed by atoms with E-state index in [0.29, 0.717) is 23.6 Å². The number of benzene rings is 2. The van der Waals surface area contributed by atoms with Crippen LogP contribution in [0.15, 0.2) is 60.9 Å². The minimum atomic E-state index is -4.54. The molecule has 1 aromatic heterocycles. The van der Waals surface area contributed by atoms with Gasteiger partial charge in [-0.15, -0.1) is 0 Å². The lowest BCUT2D eigenvalue weighted by atomic mass is 9.88. The van der Waals surface area contributed by atoms with Crippen molar-refractivity contribution < 1.29 is 41.0 Å². The summed E-state index contributed by atoms with van der Waals surface area (Å²) in [6.45, 7) is -1.24. The third-order valence-corrected chi connectivity index (χ3v) is 7.20. The number of rotatable bonds is 11. The van der Waals surface area contributed by atoms with E-state index < -0.39 is 48.3 Å². The van der Waals surface area contributed by atoms with Gasteiger partial charge in [-0.05, 0) is 48.2 Å². The average molecular weight is 641 g/mol. The van der Waals surface area contributed by atoms with Crippen molar-refractivity contribution in [2.75, 3.05) is 31.6 Å². The largest absolute Gasteiger partial charge is 0.448 e. The molecule has 44 heavy (non-hydrogen) atoms. The number of alkyl halides is 3. The number of nitrogens with zero attached hydrogens (tertiary/aromatic N) is 1. The van der Waals surface area contributed by atoms with Crippen LogP contribution in [-0.2, 0) is 20.7 Å². The number of hydrogen-bond acceptors (Lipinski definition) is 6. The fourth-order valence-corrected chi connectivity index (χ4v) is 4.82. The number of hydrogen-bond donors (Lipinski definition) is 3. The minimum Gasteiger partial charge on any atom is -0.448 e. The molecule has 0 spiro atoms. The Bertz CT molecular complexity index is 1360. The number of ether oxygens (including phenoxy) is 2. The number of carbonyl (C=O) groups excluding carboxylic acids is 2. The summed E-state index contributed by atoms with van der Waals surface area (Å²) in [6, 6.07) is 12.4. The number of aromatic nitrogens is 1. The quantitative estimate of drug-likeness (QED) is 0.231. The Morgan fingerprint density at radius 2 is 1.75 bits per heavy atom. The van der Waals surface area contributed by atoms with Crippen LogP contribution in [0, 0.1) is 11.6 Å². The summed E-state index contributed by atoms with van der Waals surface area (Å²) in [6.07, 6.45) is -3.09. The summed E-state index contributed by atoms with van der Waals surface area (Å²) >= 11 is 6.03. The average Bonchev–Trinajstić information content (AvgIpc) is 2.99. The van der Waals surface area contributed by atoms with Crippen molar-refractivity contribution >= 4 is 29.3 Å². The predicted octanol–water partition coefficient (Wildman–Crippen LogP) is 5.75. The first-order chi connectivity index (χ1) is 21.0. The van der Waals surface area contributed by atoms with Gasteiger partial charge in [0.05, 0.1) is 36.8 Å². The fraction of sp³-hybridized carbons (Fsp3) is 0.367. The lowest BCUT2D eigenvalue weighted by Gasteiger charge is -2.30. The molecule has 3 N–H and O–H groups in total. The Hall–Kier alpha value is -3.81. The third kappa shape index (κ3) is 10.1. The van der Waals surface area contributed by atoms with Gasteiger partial charge in [0, 0.05) is 29.5 Å². The number of carbonyl (C=O) groups is 2. The molecule has 2 aromatic carbocycles. The lowest BCUT2D eigenvalue weighted by Crippen LogP contribution is -2.49. The molecule has 236 valence electrons. The smallest absolute Gasteiger partial charge is 0.407 e. The first kappa shape index (κ1) is 33.1. The highest BCUT2D eigenvalue weighted by Crippen LogP contribution is 2.30. The summed E-state index contributed by atoms with van der Waals surface area (Å²) in [4.78, 5) is 28.5. The highest BCUT2D eigenvalue weighted by atomic mass is 35.5. The van der Waals surface area contributed by atoms with E-state index in [1.807, 2.05) is 0 Å². The van der Waals surface area contributed by atoms with Crippen LogP contribution in [0.5, 0.6) is 0 Å². The van der Waals surface area contributed by atoms with Crippen LogP contribution < -0.4 is 16.0 Å². The van der Waals surface area contributed by atoms with Gasteiger partial charge < -0.3 is 25.4 Å². The van der Waals surface area contributed by atoms with Crippen LogP contribution in [-0.4, -0.2) is 61.6 Å². The van der Waals surface area contributed by atoms with Crippen molar-refractivity contribution in [3.63, 3.8) is 0 Å². The molecule has 1 saturated heterocycles. The predicted molar refractivity (Wildman–Crippen MR) is 152 cm³/mol. The molecular formula is C30H30ClF5N4O4. The number of halogens is 6. The molecule has 0 radical (unpaired) electrons. The molecule has 0 bridgehead atoms. The Kier molecular flexibility index (Phi) is 11.5. The molecule has 4 rings (SSSR count). The lowest BCUT2D eigenvalue weighted by molar-refractivity contribution is -0.124. The van der Waals surface area contributed by atoms with Crippen molar-refractivity contribution in [3.8, 4) is 0 Å². The molecule has 3 aromatic rings. The summed E-state index contributed by atoms with van der Waals surface area (Å²) < 4.78 is 75.6. The van der Waals surface area contributed by atoms with E-state index in [4.69, 9.17) is 21.1 Å². The minimum absolute atomic E-state index is 0.0173. The van der Waals surface area contributed by atoms with Crippen LogP contribution in [0.3, 0.4) is 0 Å². The van der Waals surface area contributed by atoms with E-state index in [0.717, 1.165) is 11.8 Å². The maximum atomic E-state index is 14.9. The van der Waals surface area contributed by atoms with Crippen molar-refractivity contribution in [3.05, 3.63) is 94.3 Å². The number of pyridine rings is 1. The van der Waals surface area contributed by atoms with Crippen LogP contribution in [0.2, 0.25) is 5.02 Å². The zero-order chi connectivity index (χ0) is 31.7. The van der Waals surface area contributed by atoms with Crippen molar-refractivity contribution in [2.45, 2.75) is 43.5 Å². The molecule has 8 nitrogen and oxygen atoms in total. The molecule has 0 aliphatic carbocycles. The van der Waals surface area contributed by atoms with Gasteiger partial charge in [-0.2, -0.15) is 13.2 Å². The Morgan fingerprint density at radius 1 is 1.07 bits per heavy atom. The summed E-state index contributed by atoms with van der Waals surface area (Å²) in [5.74, 6) is -1.83. The van der Waals surface area contributed by atoms with Gasteiger partial charge in [0.1, 0.15) is 24.8 Å². The monoisotopic (exact) mass is 640 g/mol. The molecule has 1 fully saturated rings. The molecule has 1 aliphatic heterocycles. The standard InChI is InChI=1S/C30H30ClF5N4O4/c31-20-5-1-18(2-6-20)25(19-3-7-21(32)8-4-19)11-28(41)40-27-14-37-13-26(33)24(27)10-9-23-12-38-22(15-43-23)16-44-29(42)39-17-30(34,35)36/h1-8,13-14,22-23,25,38H,9-12,15-17H2,(H,39,42)(H,40,41). The molecular weight excluding hydrogens is 611 g/mol. The van der Waals surface area contributed by atoms with Crippen molar-refractivity contribution in [1.29, 1.82) is 0 Å². The van der Waals surface area contributed by atoms with Gasteiger partial charge in [0.2, 0.25) is 5.91 Å². The second kappa shape index (κ2) is 15.3. The maximum Gasteiger partial charge on any atom is 0.407 e. The van der Waals surface area contributed by atoms with E-state index in [-0.39, 0.29) is 43.4 Å². The van der Waals surface area contributed by atoms with Crippen LogP contribution in [0.25, 0.3) is 0 Å². The number of anilines is 1. The second-order valence-corrected chi connectivity index (χ2v) is 10.7. The Morgan fingerprint density at radius 3 is 2.39 bits per heavy atom. The number of alkyl carbamates (subject to hydrolysis) is 1. The van der Waals surface area contributed by atoms with Crippen molar-refractivity contribution in [1.82, 2.24) is 15.6 Å². The third-order valence-electron chi connectivity index (χ3n) is 6.95. The van der Waals surface area contributed by atoms with E-state index in [2.05, 4.69) is 15.6 Å². The highest BCUT2D eigenvalue weighted by molar-refractivity contribution is 6.30. The molecule has 3 unspecified atom stereocenters. The summed E-state index contributed by atoms with van der Waals surface area (Å²) in [5.41, 5.74) is 1.97. The van der Waals surface area contributed by atoms with Crippen molar-refractivity contribution in [2.24, 2.45) is 0 Å². The number of nitrogens with one attached hydrogen (secondary N) is 3. The first-order valence-corrected chi connectivity index (χ1v) is 14.1. The number of amides is 2. The van der Waals surface area contributed by atoms with E-state index in [1.165, 1.54) is 18.3 Å². The second-order valence-electron chi connectivity index (χ2n) is 10.2. The van der Waals surface area contributed by atoms with Gasteiger partial charge in [-0.3, -0.25) is 9.78 Å². The molecule has 14 heteroatoms. The van der Waals surface area contributed by atoms with Gasteiger partial charge in [-0.25, -0.2) is 13.6 Å². The fourth-order valence-electron chi connectivity index (χ4n) is 4.69. The normalized spacial score (nSPS) is 17.5. The number of morpholine rings is 1. The Balaban J connectivity index is 1.32. The van der Waals surface area contributed by atoms with Gasteiger partial charge in [0.25, 0.3) is 0 Å². The van der Waals surface area contributed by atoms with Crippen LogP contribution in [0.4, 0.5) is 32.4 Å². The molecule has 2 heterocycles. The van der Waals surface area contributed by atoms with Gasteiger partial charge in [0.15, 0.2) is 0 Å². The zero-order valence-electron chi connectivity index (χ0n) is 23.3. The first-order valence-electron chi connectivity index (χ1n) is 13.7. The summed E-state index contributed by atoms with van der Waals surface area (Å²) in [7, 11) is 0. The van der Waals surface area contributed by atoms with Gasteiger partial charge >= 0.3 is 12.3 Å². The van der Waals surface area contributed by atoms with E-state index >= 15 is 0 Å². The SMILES string of the molecule is O=C(CC(c1ccc(F)cc1)c1ccc(Cl)cc1)Nc1cncc(F)c1CCC1CNC(COC(=O)NCC(F)(F)F)CO1. The Labute approximate surface area is 255 Å².